The summed E-state index contributed by atoms with van der Waals surface area (Å²) < 4.78 is 5.47. The van der Waals surface area contributed by atoms with Crippen LogP contribution in [0.1, 0.15) is 15.9 Å². The fourth-order valence-corrected chi connectivity index (χ4v) is 3.16. The third-order valence-electron chi connectivity index (χ3n) is 4.35. The van der Waals surface area contributed by atoms with Gasteiger partial charge in [-0.1, -0.05) is 48.5 Å². The average Bonchev–Trinajstić information content (AvgIpc) is 2.71. The minimum absolute atomic E-state index is 0.0205. The highest BCUT2D eigenvalue weighted by molar-refractivity contribution is 7.80. The molecule has 0 bridgehead atoms. The Morgan fingerprint density at radius 1 is 0.862 bits per heavy atom. The van der Waals surface area contributed by atoms with Crippen LogP contribution in [0.4, 0.5) is 0 Å². The third-order valence-corrected chi connectivity index (χ3v) is 4.56. The van der Waals surface area contributed by atoms with Crippen LogP contribution >= 0.6 is 12.2 Å². The number of benzene rings is 3. The van der Waals surface area contributed by atoms with Gasteiger partial charge in [-0.15, -0.1) is 0 Å². The van der Waals surface area contributed by atoms with Gasteiger partial charge in [0.1, 0.15) is 11.3 Å². The molecule has 0 spiro atoms. The van der Waals surface area contributed by atoms with Gasteiger partial charge >= 0.3 is 5.97 Å². The van der Waals surface area contributed by atoms with E-state index < -0.39 is 17.8 Å². The van der Waals surface area contributed by atoms with Crippen molar-refractivity contribution in [1.29, 1.82) is 0 Å². The molecule has 29 heavy (non-hydrogen) atoms. The largest absolute Gasteiger partial charge is 0.423 e. The number of hydrogen-bond donors (Lipinski definition) is 2. The van der Waals surface area contributed by atoms with E-state index in [-0.39, 0.29) is 10.7 Å². The Labute approximate surface area is 171 Å². The van der Waals surface area contributed by atoms with Gasteiger partial charge in [0.2, 0.25) is 0 Å². The van der Waals surface area contributed by atoms with Crippen molar-refractivity contribution in [2.75, 3.05) is 0 Å². The Hall–Kier alpha value is -3.84. The number of hydrogen-bond acceptors (Lipinski definition) is 5. The summed E-state index contributed by atoms with van der Waals surface area (Å²) in [5.74, 6) is -1.24. The molecule has 2 amide bonds. The Bertz CT molecular complexity index is 1170. The van der Waals surface area contributed by atoms with Crippen LogP contribution < -0.4 is 15.4 Å². The van der Waals surface area contributed by atoms with E-state index in [1.807, 2.05) is 30.3 Å². The Kier molecular flexibility index (Phi) is 4.88. The van der Waals surface area contributed by atoms with E-state index in [0.717, 1.165) is 10.8 Å². The number of esters is 1. The molecule has 7 heteroatoms. The topological polar surface area (TPSA) is 84.5 Å². The standard InChI is InChI=1S/C22H14N2O4S/c25-19-18(20(26)24-22(29)23-19)12-13-8-10-15(11-9-13)28-21(27)17-7-3-5-14-4-1-2-6-16(14)17/h1-12H,(H2,23,24,25,26,29). The maximum absolute atomic E-state index is 12.6. The summed E-state index contributed by atoms with van der Waals surface area (Å²) in [6.45, 7) is 0. The van der Waals surface area contributed by atoms with Gasteiger partial charge in [-0.05, 0) is 52.8 Å². The normalized spacial score (nSPS) is 13.7. The number of amides is 2. The number of rotatable bonds is 3. The second kappa shape index (κ2) is 7.65. The van der Waals surface area contributed by atoms with Gasteiger partial charge in [-0.2, -0.15) is 0 Å². The highest BCUT2D eigenvalue weighted by Crippen LogP contribution is 2.21. The van der Waals surface area contributed by atoms with Crippen molar-refractivity contribution >= 4 is 52.0 Å². The number of carbonyl (C=O) groups excluding carboxylic acids is 3. The summed E-state index contributed by atoms with van der Waals surface area (Å²) in [4.78, 5) is 36.4. The first-order valence-corrected chi connectivity index (χ1v) is 9.10. The second-order valence-corrected chi connectivity index (χ2v) is 6.69. The maximum atomic E-state index is 12.6. The van der Waals surface area contributed by atoms with Gasteiger partial charge in [0, 0.05) is 0 Å². The van der Waals surface area contributed by atoms with E-state index >= 15 is 0 Å². The van der Waals surface area contributed by atoms with Crippen LogP contribution in [0.5, 0.6) is 5.75 Å². The summed E-state index contributed by atoms with van der Waals surface area (Å²) in [6.07, 6.45) is 1.43. The van der Waals surface area contributed by atoms with Crippen molar-refractivity contribution in [2.45, 2.75) is 0 Å². The van der Waals surface area contributed by atoms with Crippen LogP contribution in [-0.2, 0) is 9.59 Å². The Morgan fingerprint density at radius 3 is 2.24 bits per heavy atom. The molecule has 0 saturated carbocycles. The van der Waals surface area contributed by atoms with Gasteiger partial charge in [0.25, 0.3) is 11.8 Å². The van der Waals surface area contributed by atoms with E-state index in [1.165, 1.54) is 6.08 Å². The monoisotopic (exact) mass is 402 g/mol. The minimum atomic E-state index is -0.565. The van der Waals surface area contributed by atoms with Crippen molar-refractivity contribution < 1.29 is 19.1 Å². The molecular formula is C22H14N2O4S. The zero-order valence-corrected chi connectivity index (χ0v) is 15.8. The molecule has 0 unspecified atom stereocenters. The molecule has 3 aromatic rings. The predicted octanol–water partition coefficient (Wildman–Crippen LogP) is 2.97. The van der Waals surface area contributed by atoms with Crippen LogP contribution in [0, 0.1) is 0 Å². The predicted molar refractivity (Wildman–Crippen MR) is 112 cm³/mol. The first-order chi connectivity index (χ1) is 14.0. The molecule has 1 aliphatic heterocycles. The van der Waals surface area contributed by atoms with Crippen LogP contribution in [0.3, 0.4) is 0 Å². The molecule has 4 rings (SSSR count). The van der Waals surface area contributed by atoms with Gasteiger partial charge in [-0.3, -0.25) is 20.2 Å². The third kappa shape index (κ3) is 3.90. The fraction of sp³-hybridized carbons (Fsp3) is 0. The summed E-state index contributed by atoms with van der Waals surface area (Å²) in [6, 6.07) is 19.5. The molecule has 1 aliphatic rings. The second-order valence-electron chi connectivity index (χ2n) is 6.28. The SMILES string of the molecule is O=C1NC(=S)NC(=O)C1=Cc1ccc(OC(=O)c2cccc3ccccc23)cc1. The van der Waals surface area contributed by atoms with Crippen molar-refractivity contribution in [3.63, 3.8) is 0 Å². The first kappa shape index (κ1) is 18.5. The van der Waals surface area contributed by atoms with E-state index in [1.54, 1.807) is 36.4 Å². The van der Waals surface area contributed by atoms with Crippen molar-refractivity contribution in [3.05, 3.63) is 83.4 Å². The fourth-order valence-electron chi connectivity index (χ4n) is 2.97. The number of ether oxygens (including phenoxy) is 1. The number of nitrogens with one attached hydrogen (secondary N) is 2. The van der Waals surface area contributed by atoms with Crippen molar-refractivity contribution in [3.8, 4) is 5.75 Å². The Morgan fingerprint density at radius 2 is 1.52 bits per heavy atom. The molecule has 3 aromatic carbocycles. The van der Waals surface area contributed by atoms with Crippen molar-refractivity contribution in [2.24, 2.45) is 0 Å². The molecule has 1 saturated heterocycles. The highest BCUT2D eigenvalue weighted by atomic mass is 32.1. The lowest BCUT2D eigenvalue weighted by atomic mass is 10.0. The summed E-state index contributed by atoms with van der Waals surface area (Å²) >= 11 is 4.76. The van der Waals surface area contributed by atoms with Gasteiger partial charge < -0.3 is 4.74 Å². The van der Waals surface area contributed by atoms with Gasteiger partial charge in [-0.25, -0.2) is 4.79 Å². The number of thiocarbonyl (C=S) groups is 1. The van der Waals surface area contributed by atoms with Crippen molar-refractivity contribution in [1.82, 2.24) is 10.6 Å². The average molecular weight is 402 g/mol. The van der Waals surface area contributed by atoms with E-state index in [2.05, 4.69) is 10.6 Å². The first-order valence-electron chi connectivity index (χ1n) is 8.69. The molecule has 0 aromatic heterocycles. The van der Waals surface area contributed by atoms with Gasteiger partial charge in [0.05, 0.1) is 5.56 Å². The number of carbonyl (C=O) groups is 3. The molecule has 1 heterocycles. The van der Waals surface area contributed by atoms with Crippen LogP contribution in [-0.4, -0.2) is 22.9 Å². The van der Waals surface area contributed by atoms with Crippen LogP contribution in [0.25, 0.3) is 16.8 Å². The lowest BCUT2D eigenvalue weighted by Crippen LogP contribution is -2.51. The smallest absolute Gasteiger partial charge is 0.344 e. The van der Waals surface area contributed by atoms with E-state index in [4.69, 9.17) is 17.0 Å². The zero-order chi connectivity index (χ0) is 20.4. The van der Waals surface area contributed by atoms with E-state index in [9.17, 15) is 14.4 Å². The molecule has 142 valence electrons. The lowest BCUT2D eigenvalue weighted by Gasteiger charge is -2.16. The number of fused-ring (bicyclic) bond motifs is 1. The molecule has 1 fully saturated rings. The van der Waals surface area contributed by atoms with Gasteiger partial charge in [0.15, 0.2) is 5.11 Å². The highest BCUT2D eigenvalue weighted by Gasteiger charge is 2.25. The molecule has 6 nitrogen and oxygen atoms in total. The quantitative estimate of drug-likeness (QED) is 0.231. The minimum Gasteiger partial charge on any atom is -0.423 e. The molecule has 2 N–H and O–H groups in total. The molecule has 0 atom stereocenters. The summed E-state index contributed by atoms with van der Waals surface area (Å²) in [5, 5.41) is 6.49. The van der Waals surface area contributed by atoms with Crippen LogP contribution in [0.2, 0.25) is 0 Å². The molecule has 0 aliphatic carbocycles. The van der Waals surface area contributed by atoms with E-state index in [0.29, 0.717) is 16.9 Å². The summed E-state index contributed by atoms with van der Waals surface area (Å²) in [5.41, 5.74) is 1.02. The lowest BCUT2D eigenvalue weighted by molar-refractivity contribution is -0.123. The summed E-state index contributed by atoms with van der Waals surface area (Å²) in [7, 11) is 0. The Balaban J connectivity index is 1.53. The zero-order valence-electron chi connectivity index (χ0n) is 15.0. The molecular weight excluding hydrogens is 388 g/mol. The molecule has 0 radical (unpaired) electrons. The van der Waals surface area contributed by atoms with Crippen LogP contribution in [0.15, 0.2) is 72.3 Å². The maximum Gasteiger partial charge on any atom is 0.344 e.